The van der Waals surface area contributed by atoms with Crippen molar-refractivity contribution in [3.05, 3.63) is 71.5 Å². The molecule has 1 aliphatic rings. The summed E-state index contributed by atoms with van der Waals surface area (Å²) in [6.45, 7) is 3.35. The molecule has 9 heteroatoms. The van der Waals surface area contributed by atoms with E-state index in [1.165, 1.54) is 23.4 Å². The van der Waals surface area contributed by atoms with Gasteiger partial charge in [-0.15, -0.1) is 0 Å². The van der Waals surface area contributed by atoms with E-state index in [1.807, 2.05) is 0 Å². The Morgan fingerprint density at radius 3 is 2.63 bits per heavy atom. The number of nitrogens with zero attached hydrogens (tertiary/aromatic N) is 5. The van der Waals surface area contributed by atoms with Crippen molar-refractivity contribution >= 4 is 5.84 Å². The highest BCUT2D eigenvalue weighted by Gasteiger charge is 2.34. The normalized spacial score (nSPS) is 17.1. The van der Waals surface area contributed by atoms with Crippen molar-refractivity contribution in [2.45, 2.75) is 32.2 Å². The number of aliphatic hydroxyl groups excluding tert-OH is 1. The number of likely N-dealkylation sites (N-methyl/N-ethyl adjacent to an activating group) is 1. The van der Waals surface area contributed by atoms with Crippen molar-refractivity contribution in [1.29, 1.82) is 0 Å². The van der Waals surface area contributed by atoms with E-state index in [2.05, 4.69) is 15.2 Å². The molecule has 0 saturated heterocycles. The Kier molecular flexibility index (Phi) is 5.00. The van der Waals surface area contributed by atoms with Crippen LogP contribution in [-0.4, -0.2) is 54.8 Å². The topological polar surface area (TPSA) is 99.9 Å². The maximum Gasteiger partial charge on any atom is 0.158 e. The van der Waals surface area contributed by atoms with Gasteiger partial charge >= 0.3 is 0 Å². The predicted octanol–water partition coefficient (Wildman–Crippen LogP) is 2.39. The van der Waals surface area contributed by atoms with Crippen molar-refractivity contribution in [2.24, 2.45) is 4.99 Å². The highest BCUT2D eigenvalue weighted by atomic mass is 19.1. The number of rotatable bonds is 5. The summed E-state index contributed by atoms with van der Waals surface area (Å²) in [4.78, 5) is 5.93. The van der Waals surface area contributed by atoms with Crippen molar-refractivity contribution in [3.63, 3.8) is 0 Å². The van der Waals surface area contributed by atoms with Gasteiger partial charge in [0.1, 0.15) is 23.5 Å². The smallest absolute Gasteiger partial charge is 0.158 e. The van der Waals surface area contributed by atoms with Crippen LogP contribution in [0.5, 0.6) is 0 Å². The minimum absolute atomic E-state index is 0.180. The van der Waals surface area contributed by atoms with Crippen LogP contribution >= 0.6 is 0 Å². The summed E-state index contributed by atoms with van der Waals surface area (Å²) in [6.07, 6.45) is 1.83. The Labute approximate surface area is 172 Å². The third-order valence-electron chi connectivity index (χ3n) is 5.00. The van der Waals surface area contributed by atoms with Gasteiger partial charge in [0.15, 0.2) is 12.1 Å². The molecule has 1 aliphatic heterocycles. The third-order valence-corrected chi connectivity index (χ3v) is 5.00. The lowest BCUT2D eigenvalue weighted by molar-refractivity contribution is 0.0358. The zero-order chi connectivity index (χ0) is 21.5. The second-order valence-electron chi connectivity index (χ2n) is 7.63. The molecule has 0 radical (unpaired) electrons. The van der Waals surface area contributed by atoms with E-state index in [0.29, 0.717) is 34.1 Å². The molecule has 1 atom stereocenters. The minimum Gasteiger partial charge on any atom is -0.386 e. The summed E-state index contributed by atoms with van der Waals surface area (Å²) in [7, 11) is 1.66. The van der Waals surface area contributed by atoms with Gasteiger partial charge in [0, 0.05) is 30.5 Å². The maximum atomic E-state index is 14.2. The minimum atomic E-state index is -1.22. The SMILES string of the molecule is CN1C(c2cc(-c3ccon3)n(Cc3ccccc3F)n2)=NC=C(C(C)(C)O)[C@@H]1O. The molecule has 1 aromatic carbocycles. The lowest BCUT2D eigenvalue weighted by atomic mass is 9.96. The highest BCUT2D eigenvalue weighted by Crippen LogP contribution is 2.27. The Morgan fingerprint density at radius 1 is 1.20 bits per heavy atom. The summed E-state index contributed by atoms with van der Waals surface area (Å²) >= 11 is 0. The van der Waals surface area contributed by atoms with Crippen molar-refractivity contribution in [3.8, 4) is 11.4 Å². The number of aliphatic hydroxyl groups is 2. The molecule has 0 amide bonds. The lowest BCUT2D eigenvalue weighted by Crippen LogP contribution is -2.46. The molecule has 0 bridgehead atoms. The fraction of sp³-hybridized carbons (Fsp3) is 0.286. The molecular weight excluding hydrogens is 389 g/mol. The standard InChI is InChI=1S/C21H22FN5O3/c1-21(2,29)14-11-23-19(26(3)20(14)28)17-10-18(16-8-9-30-25-16)27(24-17)12-13-6-4-5-7-15(13)22/h4-11,20,28-29H,12H2,1-3H3/t20-/m0/s1. The first-order valence-electron chi connectivity index (χ1n) is 9.39. The number of hydrogen-bond donors (Lipinski definition) is 2. The lowest BCUT2D eigenvalue weighted by Gasteiger charge is -2.35. The third kappa shape index (κ3) is 3.64. The Hall–Kier alpha value is -3.30. The number of benzene rings is 1. The fourth-order valence-corrected chi connectivity index (χ4v) is 3.32. The quantitative estimate of drug-likeness (QED) is 0.669. The van der Waals surface area contributed by atoms with Crippen LogP contribution < -0.4 is 0 Å². The Bertz CT molecular complexity index is 1110. The molecule has 0 unspecified atom stereocenters. The van der Waals surface area contributed by atoms with E-state index in [0.717, 1.165) is 0 Å². The Morgan fingerprint density at radius 2 is 1.97 bits per heavy atom. The van der Waals surface area contributed by atoms with Crippen LogP contribution in [0.4, 0.5) is 4.39 Å². The predicted molar refractivity (Wildman–Crippen MR) is 108 cm³/mol. The molecule has 2 N–H and O–H groups in total. The number of aromatic nitrogens is 3. The van der Waals surface area contributed by atoms with Gasteiger partial charge in [0.25, 0.3) is 0 Å². The summed E-state index contributed by atoms with van der Waals surface area (Å²) in [5.74, 6) is 0.0773. The zero-order valence-corrected chi connectivity index (χ0v) is 16.8. The molecule has 0 aliphatic carbocycles. The number of hydrogen-bond acceptors (Lipinski definition) is 7. The van der Waals surface area contributed by atoms with Crippen LogP contribution in [0.2, 0.25) is 0 Å². The van der Waals surface area contributed by atoms with Crippen molar-refractivity contribution < 1.29 is 19.1 Å². The summed E-state index contributed by atoms with van der Waals surface area (Å²) in [5.41, 5.74) is 1.24. The van der Waals surface area contributed by atoms with Gasteiger partial charge in [-0.3, -0.25) is 4.68 Å². The average molecular weight is 411 g/mol. The van der Waals surface area contributed by atoms with Gasteiger partial charge in [0.05, 0.1) is 17.8 Å². The zero-order valence-electron chi connectivity index (χ0n) is 16.8. The van der Waals surface area contributed by atoms with Crippen LogP contribution in [0, 0.1) is 5.82 Å². The molecule has 156 valence electrons. The van der Waals surface area contributed by atoms with E-state index < -0.39 is 11.8 Å². The van der Waals surface area contributed by atoms with Crippen LogP contribution in [0.15, 0.2) is 63.9 Å². The monoisotopic (exact) mass is 411 g/mol. The number of amidine groups is 1. The molecule has 3 aromatic rings. The van der Waals surface area contributed by atoms with E-state index in [4.69, 9.17) is 4.52 Å². The molecule has 0 saturated carbocycles. The van der Waals surface area contributed by atoms with E-state index >= 15 is 0 Å². The molecule has 30 heavy (non-hydrogen) atoms. The second-order valence-corrected chi connectivity index (χ2v) is 7.63. The van der Waals surface area contributed by atoms with Crippen molar-refractivity contribution in [2.75, 3.05) is 7.05 Å². The van der Waals surface area contributed by atoms with Crippen LogP contribution in [0.3, 0.4) is 0 Å². The molecule has 8 nitrogen and oxygen atoms in total. The largest absolute Gasteiger partial charge is 0.386 e. The van der Waals surface area contributed by atoms with Gasteiger partial charge in [0.2, 0.25) is 0 Å². The van der Waals surface area contributed by atoms with Gasteiger partial charge in [-0.05, 0) is 26.0 Å². The first kappa shape index (κ1) is 20.0. The molecule has 3 heterocycles. The summed E-state index contributed by atoms with van der Waals surface area (Å²) in [5, 5.41) is 29.5. The molecular formula is C21H22FN5O3. The van der Waals surface area contributed by atoms with Gasteiger partial charge < -0.3 is 19.6 Å². The van der Waals surface area contributed by atoms with Crippen LogP contribution in [0.25, 0.3) is 11.4 Å². The summed E-state index contributed by atoms with van der Waals surface area (Å²) in [6, 6.07) is 9.92. The first-order chi connectivity index (χ1) is 14.3. The maximum absolute atomic E-state index is 14.2. The van der Waals surface area contributed by atoms with Gasteiger partial charge in [-0.2, -0.15) is 5.10 Å². The second kappa shape index (κ2) is 7.51. The molecule has 2 aromatic heterocycles. The van der Waals surface area contributed by atoms with E-state index in [-0.39, 0.29) is 12.4 Å². The molecule has 0 spiro atoms. The Balaban J connectivity index is 1.78. The van der Waals surface area contributed by atoms with Crippen LogP contribution in [0.1, 0.15) is 25.1 Å². The molecule has 4 rings (SSSR count). The fourth-order valence-electron chi connectivity index (χ4n) is 3.32. The van der Waals surface area contributed by atoms with E-state index in [9.17, 15) is 14.6 Å². The van der Waals surface area contributed by atoms with Crippen molar-refractivity contribution in [1.82, 2.24) is 19.8 Å². The van der Waals surface area contributed by atoms with E-state index in [1.54, 1.807) is 55.9 Å². The average Bonchev–Trinajstić information content (AvgIpc) is 3.34. The highest BCUT2D eigenvalue weighted by molar-refractivity contribution is 5.99. The summed E-state index contributed by atoms with van der Waals surface area (Å²) < 4.78 is 20.8. The first-order valence-corrected chi connectivity index (χ1v) is 9.39. The number of aliphatic imine (C=N–C) groups is 1. The van der Waals surface area contributed by atoms with Gasteiger partial charge in [-0.1, -0.05) is 23.4 Å². The molecule has 0 fully saturated rings. The van der Waals surface area contributed by atoms with Gasteiger partial charge in [-0.25, -0.2) is 9.38 Å². The number of halogens is 1. The van der Waals surface area contributed by atoms with Crippen LogP contribution in [-0.2, 0) is 6.54 Å².